The van der Waals surface area contributed by atoms with Crippen LogP contribution in [0.25, 0.3) is 0 Å². The van der Waals surface area contributed by atoms with Gasteiger partial charge in [0.1, 0.15) is 5.82 Å². The molecule has 6 heteroatoms. The summed E-state index contributed by atoms with van der Waals surface area (Å²) in [5.41, 5.74) is 0.662. The summed E-state index contributed by atoms with van der Waals surface area (Å²) in [6.45, 7) is 0. The lowest BCUT2D eigenvalue weighted by atomic mass is 10.1. The van der Waals surface area contributed by atoms with Gasteiger partial charge < -0.3 is 0 Å². The lowest BCUT2D eigenvalue weighted by molar-refractivity contribution is 0.593. The van der Waals surface area contributed by atoms with Crippen molar-refractivity contribution in [3.05, 3.63) is 64.9 Å². The number of nitrogens with zero attached hydrogens (tertiary/aromatic N) is 1. The Kier molecular flexibility index (Phi) is 3.67. The highest BCUT2D eigenvalue weighted by molar-refractivity contribution is 7.92. The first-order valence-electron chi connectivity index (χ1n) is 6.59. The monoisotopic (exact) mass is 335 g/mol. The number of rotatable bonds is 3. The first kappa shape index (κ1) is 15.0. The van der Waals surface area contributed by atoms with Crippen LogP contribution in [0.5, 0.6) is 0 Å². The molecule has 1 aliphatic carbocycles. The lowest BCUT2D eigenvalue weighted by Crippen LogP contribution is -2.10. The number of hydrogen-bond acceptors (Lipinski definition) is 3. The van der Waals surface area contributed by atoms with Crippen molar-refractivity contribution in [2.75, 3.05) is 0 Å². The van der Waals surface area contributed by atoms with Crippen LogP contribution in [0.2, 0.25) is 5.02 Å². The van der Waals surface area contributed by atoms with E-state index in [2.05, 4.69) is 0 Å². The summed E-state index contributed by atoms with van der Waals surface area (Å²) in [5, 5.41) is 8.85. The minimum Gasteiger partial charge on any atom is -0.223 e. The molecular weight excluding hydrogens is 325 g/mol. The van der Waals surface area contributed by atoms with Crippen LogP contribution in [0.1, 0.15) is 11.5 Å². The minimum absolute atomic E-state index is 0.145. The molecule has 2 aromatic carbocycles. The van der Waals surface area contributed by atoms with E-state index in [0.29, 0.717) is 10.6 Å². The van der Waals surface area contributed by atoms with Crippen molar-refractivity contribution in [3.63, 3.8) is 0 Å². The van der Waals surface area contributed by atoms with Crippen LogP contribution in [-0.4, -0.2) is 13.7 Å². The van der Waals surface area contributed by atoms with E-state index in [1.54, 1.807) is 0 Å². The number of hydrogen-bond donors (Lipinski definition) is 0. The third-order valence-electron chi connectivity index (χ3n) is 3.86. The fourth-order valence-electron chi connectivity index (χ4n) is 2.69. The molecule has 1 saturated carbocycles. The van der Waals surface area contributed by atoms with Gasteiger partial charge in [0.05, 0.1) is 22.1 Å². The first-order chi connectivity index (χ1) is 10.4. The van der Waals surface area contributed by atoms with Crippen molar-refractivity contribution in [3.8, 4) is 6.07 Å². The summed E-state index contributed by atoms with van der Waals surface area (Å²) in [5.74, 6) is -1.44. The van der Waals surface area contributed by atoms with Gasteiger partial charge in [-0.1, -0.05) is 23.7 Å². The number of sulfone groups is 1. The third-order valence-corrected chi connectivity index (χ3v) is 6.34. The molecule has 2 aromatic rings. The summed E-state index contributed by atoms with van der Waals surface area (Å²) in [7, 11) is -3.63. The Labute approximate surface area is 132 Å². The quantitative estimate of drug-likeness (QED) is 0.861. The van der Waals surface area contributed by atoms with Gasteiger partial charge >= 0.3 is 0 Å². The van der Waals surface area contributed by atoms with Gasteiger partial charge in [-0.3, -0.25) is 0 Å². The maximum Gasteiger partial charge on any atom is 0.183 e. The standard InChI is InChI=1S/C16H11ClFNO2S/c17-11-3-7-13(8-4-11)22(20,21)16-14(9-19)15(16)10-1-5-12(18)6-2-10/h1-8,14-16H/t14-,15+,16+/m0/s1. The van der Waals surface area contributed by atoms with Gasteiger partial charge in [-0.2, -0.15) is 5.26 Å². The molecule has 22 heavy (non-hydrogen) atoms. The molecule has 3 atom stereocenters. The van der Waals surface area contributed by atoms with Gasteiger partial charge in [-0.25, -0.2) is 12.8 Å². The van der Waals surface area contributed by atoms with Gasteiger partial charge in [-0.05, 0) is 42.0 Å². The van der Waals surface area contributed by atoms with E-state index in [9.17, 15) is 18.1 Å². The predicted molar refractivity (Wildman–Crippen MR) is 80.7 cm³/mol. The molecule has 0 radical (unpaired) electrons. The smallest absolute Gasteiger partial charge is 0.183 e. The first-order valence-corrected chi connectivity index (χ1v) is 8.52. The highest BCUT2D eigenvalue weighted by atomic mass is 35.5. The zero-order valence-electron chi connectivity index (χ0n) is 11.3. The highest BCUT2D eigenvalue weighted by Crippen LogP contribution is 2.53. The number of halogens is 2. The Balaban J connectivity index is 1.95. The normalized spacial score (nSPS) is 23.8. The second kappa shape index (κ2) is 5.38. The molecule has 0 saturated heterocycles. The molecule has 0 bridgehead atoms. The van der Waals surface area contributed by atoms with Crippen molar-refractivity contribution in [2.24, 2.45) is 5.92 Å². The third kappa shape index (κ3) is 2.49. The lowest BCUT2D eigenvalue weighted by Gasteiger charge is -2.04. The average molecular weight is 336 g/mol. The van der Waals surface area contributed by atoms with Crippen molar-refractivity contribution < 1.29 is 12.8 Å². The van der Waals surface area contributed by atoms with Gasteiger partial charge in [0.2, 0.25) is 0 Å². The van der Waals surface area contributed by atoms with Crippen molar-refractivity contribution in [1.82, 2.24) is 0 Å². The molecular formula is C16H11ClFNO2S. The maximum absolute atomic E-state index is 13.0. The van der Waals surface area contributed by atoms with Crippen LogP contribution >= 0.6 is 11.6 Å². The van der Waals surface area contributed by atoms with E-state index in [4.69, 9.17) is 11.6 Å². The molecule has 112 valence electrons. The van der Waals surface area contributed by atoms with E-state index in [1.807, 2.05) is 6.07 Å². The predicted octanol–water partition coefficient (Wildman–Crippen LogP) is 3.56. The zero-order chi connectivity index (χ0) is 15.9. The Bertz CT molecular complexity index is 841. The molecule has 3 rings (SSSR count). The molecule has 0 amide bonds. The summed E-state index contributed by atoms with van der Waals surface area (Å²) in [6, 6.07) is 13.5. The van der Waals surface area contributed by atoms with E-state index in [1.165, 1.54) is 48.5 Å². The maximum atomic E-state index is 13.0. The van der Waals surface area contributed by atoms with Crippen LogP contribution < -0.4 is 0 Å². The average Bonchev–Trinajstić information content (AvgIpc) is 3.24. The fraction of sp³-hybridized carbons (Fsp3) is 0.188. The van der Waals surface area contributed by atoms with Crippen LogP contribution in [0, 0.1) is 23.1 Å². The summed E-state index contributed by atoms with van der Waals surface area (Å²) in [4.78, 5) is 0.145. The fourth-order valence-corrected chi connectivity index (χ4v) is 4.88. The number of benzene rings is 2. The molecule has 0 aromatic heterocycles. The Morgan fingerprint density at radius 2 is 1.64 bits per heavy atom. The Morgan fingerprint density at radius 3 is 2.18 bits per heavy atom. The molecule has 0 N–H and O–H groups in total. The summed E-state index contributed by atoms with van der Waals surface area (Å²) < 4.78 is 38.3. The Morgan fingerprint density at radius 1 is 1.05 bits per heavy atom. The number of nitriles is 1. The van der Waals surface area contributed by atoms with Crippen LogP contribution in [0.4, 0.5) is 4.39 Å². The highest BCUT2D eigenvalue weighted by Gasteiger charge is 2.59. The second-order valence-electron chi connectivity index (χ2n) is 5.20. The summed E-state index contributed by atoms with van der Waals surface area (Å²) >= 11 is 5.77. The van der Waals surface area contributed by atoms with Crippen molar-refractivity contribution in [1.29, 1.82) is 5.26 Å². The molecule has 0 unspecified atom stereocenters. The molecule has 1 fully saturated rings. The van der Waals surface area contributed by atoms with E-state index in [-0.39, 0.29) is 4.90 Å². The van der Waals surface area contributed by atoms with Gasteiger partial charge in [0.15, 0.2) is 9.84 Å². The Hall–Kier alpha value is -1.90. The van der Waals surface area contributed by atoms with Gasteiger partial charge in [0.25, 0.3) is 0 Å². The van der Waals surface area contributed by atoms with Crippen molar-refractivity contribution >= 4 is 21.4 Å². The topological polar surface area (TPSA) is 57.9 Å². The second-order valence-corrected chi connectivity index (χ2v) is 7.74. The van der Waals surface area contributed by atoms with Gasteiger partial charge in [0, 0.05) is 10.9 Å². The van der Waals surface area contributed by atoms with Gasteiger partial charge in [-0.15, -0.1) is 0 Å². The van der Waals surface area contributed by atoms with E-state index >= 15 is 0 Å². The minimum atomic E-state index is -3.63. The van der Waals surface area contributed by atoms with Crippen LogP contribution in [0.15, 0.2) is 53.4 Å². The van der Waals surface area contributed by atoms with Crippen molar-refractivity contribution in [2.45, 2.75) is 16.1 Å². The molecule has 0 aliphatic heterocycles. The van der Waals surface area contributed by atoms with Crippen LogP contribution in [0.3, 0.4) is 0 Å². The largest absolute Gasteiger partial charge is 0.223 e. The molecule has 1 aliphatic rings. The molecule has 3 nitrogen and oxygen atoms in total. The van der Waals surface area contributed by atoms with Crippen LogP contribution in [-0.2, 0) is 9.84 Å². The summed E-state index contributed by atoms with van der Waals surface area (Å²) in [6.07, 6.45) is 0. The van der Waals surface area contributed by atoms with E-state index in [0.717, 1.165) is 0 Å². The zero-order valence-corrected chi connectivity index (χ0v) is 12.9. The van der Waals surface area contributed by atoms with E-state index < -0.39 is 32.7 Å². The SMILES string of the molecule is N#C[C@H]1[C@@H](c2ccc(F)cc2)[C@@H]1S(=O)(=O)c1ccc(Cl)cc1. The molecule has 0 spiro atoms. The molecule has 0 heterocycles.